The van der Waals surface area contributed by atoms with Gasteiger partial charge in [0.1, 0.15) is 5.75 Å². The number of halogens is 3. The summed E-state index contributed by atoms with van der Waals surface area (Å²) in [6.07, 6.45) is 0. The molecule has 0 aliphatic heterocycles. The fraction of sp³-hybridized carbons (Fsp3) is 0.105. The second-order valence-electron chi connectivity index (χ2n) is 5.60. The van der Waals surface area contributed by atoms with E-state index in [0.717, 1.165) is 11.3 Å². The lowest BCUT2D eigenvalue weighted by Crippen LogP contribution is -2.23. The van der Waals surface area contributed by atoms with Crippen LogP contribution in [-0.4, -0.2) is 30.1 Å². The highest BCUT2D eigenvalue weighted by atomic mass is 35.5. The maximum Gasteiger partial charge on any atom is 0.344 e. The molecule has 1 aromatic heterocycles. The van der Waals surface area contributed by atoms with E-state index in [4.69, 9.17) is 44.3 Å². The van der Waals surface area contributed by atoms with Crippen molar-refractivity contribution < 1.29 is 19.1 Å². The number of nitrogens with zero attached hydrogens (tertiary/aromatic N) is 1. The number of amides is 1. The van der Waals surface area contributed by atoms with Crippen molar-refractivity contribution in [2.45, 2.75) is 0 Å². The van der Waals surface area contributed by atoms with Crippen molar-refractivity contribution in [3.63, 3.8) is 0 Å². The maximum atomic E-state index is 12.0. The number of hydrogen-bond acceptors (Lipinski definition) is 6. The molecule has 0 radical (unpaired) electrons. The van der Waals surface area contributed by atoms with Gasteiger partial charge >= 0.3 is 5.97 Å². The summed E-state index contributed by atoms with van der Waals surface area (Å²) in [7, 11) is 0. The number of carbonyl (C=O) groups is 2. The van der Waals surface area contributed by atoms with Crippen molar-refractivity contribution in [3.05, 3.63) is 62.9 Å². The summed E-state index contributed by atoms with van der Waals surface area (Å²) in [6, 6.07) is 12.3. The molecule has 0 fully saturated rings. The Morgan fingerprint density at radius 2 is 1.72 bits per heavy atom. The molecule has 0 saturated heterocycles. The molecular weight excluding hydrogens is 459 g/mol. The fourth-order valence-corrected chi connectivity index (χ4v) is 3.49. The summed E-state index contributed by atoms with van der Waals surface area (Å²) in [6.45, 7) is -0.919. The summed E-state index contributed by atoms with van der Waals surface area (Å²) in [4.78, 5) is 28.1. The summed E-state index contributed by atoms with van der Waals surface area (Å²) >= 11 is 18.9. The molecular formula is C19H13Cl3N2O4S. The van der Waals surface area contributed by atoms with Crippen LogP contribution in [-0.2, 0) is 14.3 Å². The zero-order valence-corrected chi connectivity index (χ0v) is 17.7. The smallest absolute Gasteiger partial charge is 0.344 e. The SMILES string of the molecule is O=C(COC(=O)COc1cc(Cl)c(Cl)cc1Cl)Nc1nc(-c2ccccc2)cs1. The van der Waals surface area contributed by atoms with Crippen LogP contribution in [0.15, 0.2) is 47.8 Å². The van der Waals surface area contributed by atoms with Crippen molar-refractivity contribution in [1.29, 1.82) is 0 Å². The average molecular weight is 472 g/mol. The molecule has 0 aliphatic carbocycles. The molecule has 3 rings (SSSR count). The van der Waals surface area contributed by atoms with Gasteiger partial charge in [-0.3, -0.25) is 10.1 Å². The van der Waals surface area contributed by atoms with E-state index in [0.29, 0.717) is 5.13 Å². The minimum atomic E-state index is -0.744. The van der Waals surface area contributed by atoms with Gasteiger partial charge in [0.2, 0.25) is 0 Å². The molecule has 2 aromatic carbocycles. The van der Waals surface area contributed by atoms with E-state index in [1.807, 2.05) is 35.7 Å². The standard InChI is InChI=1S/C19H13Cl3N2O4S/c20-12-6-14(22)16(7-13(12)21)27-9-18(26)28-8-17(25)24-19-23-15(10-29-19)11-4-2-1-3-5-11/h1-7,10H,8-9H2,(H,23,24,25). The number of anilines is 1. The Morgan fingerprint density at radius 1 is 1.00 bits per heavy atom. The number of thiazole rings is 1. The van der Waals surface area contributed by atoms with Crippen LogP contribution in [0.3, 0.4) is 0 Å². The summed E-state index contributed by atoms with van der Waals surface area (Å²) in [5, 5.41) is 5.51. The number of benzene rings is 2. The summed E-state index contributed by atoms with van der Waals surface area (Å²) in [5.74, 6) is -1.08. The Hall–Kier alpha value is -2.32. The van der Waals surface area contributed by atoms with Crippen LogP contribution in [0.2, 0.25) is 15.1 Å². The maximum absolute atomic E-state index is 12.0. The number of aromatic nitrogens is 1. The first-order chi connectivity index (χ1) is 13.9. The van der Waals surface area contributed by atoms with Gasteiger partial charge in [-0.05, 0) is 6.07 Å². The normalized spacial score (nSPS) is 10.4. The van der Waals surface area contributed by atoms with Crippen LogP contribution >= 0.6 is 46.1 Å². The van der Waals surface area contributed by atoms with Gasteiger partial charge in [0, 0.05) is 17.0 Å². The number of esters is 1. The molecule has 150 valence electrons. The molecule has 0 spiro atoms. The van der Waals surface area contributed by atoms with Crippen LogP contribution in [0, 0.1) is 0 Å². The summed E-state index contributed by atoms with van der Waals surface area (Å²) < 4.78 is 10.1. The highest BCUT2D eigenvalue weighted by Gasteiger charge is 2.13. The molecule has 1 heterocycles. The Balaban J connectivity index is 1.45. The zero-order valence-electron chi connectivity index (χ0n) is 14.7. The van der Waals surface area contributed by atoms with E-state index in [2.05, 4.69) is 10.3 Å². The molecule has 0 atom stereocenters. The van der Waals surface area contributed by atoms with Gasteiger partial charge in [0.15, 0.2) is 18.3 Å². The number of rotatable bonds is 7. The van der Waals surface area contributed by atoms with Crippen LogP contribution in [0.25, 0.3) is 11.3 Å². The monoisotopic (exact) mass is 470 g/mol. The number of nitrogens with one attached hydrogen (secondary N) is 1. The third-order valence-electron chi connectivity index (χ3n) is 3.50. The fourth-order valence-electron chi connectivity index (χ4n) is 2.17. The van der Waals surface area contributed by atoms with Gasteiger partial charge in [-0.15, -0.1) is 11.3 Å². The predicted molar refractivity (Wildman–Crippen MR) is 114 cm³/mol. The first kappa shape index (κ1) is 21.4. The molecule has 1 amide bonds. The van der Waals surface area contributed by atoms with Gasteiger partial charge < -0.3 is 9.47 Å². The molecule has 0 bridgehead atoms. The van der Waals surface area contributed by atoms with Gasteiger partial charge in [0.25, 0.3) is 5.91 Å². The molecule has 29 heavy (non-hydrogen) atoms. The van der Waals surface area contributed by atoms with Gasteiger partial charge in [-0.25, -0.2) is 9.78 Å². The highest BCUT2D eigenvalue weighted by molar-refractivity contribution is 7.14. The zero-order chi connectivity index (χ0) is 20.8. The first-order valence-corrected chi connectivity index (χ1v) is 10.2. The van der Waals surface area contributed by atoms with Crippen molar-refractivity contribution in [2.75, 3.05) is 18.5 Å². The lowest BCUT2D eigenvalue weighted by molar-refractivity contribution is -0.149. The minimum Gasteiger partial charge on any atom is -0.480 e. The van der Waals surface area contributed by atoms with Crippen molar-refractivity contribution in [2.24, 2.45) is 0 Å². The van der Waals surface area contributed by atoms with Crippen molar-refractivity contribution in [3.8, 4) is 17.0 Å². The van der Waals surface area contributed by atoms with E-state index in [9.17, 15) is 9.59 Å². The van der Waals surface area contributed by atoms with Crippen LogP contribution < -0.4 is 10.1 Å². The van der Waals surface area contributed by atoms with E-state index >= 15 is 0 Å². The van der Waals surface area contributed by atoms with Crippen LogP contribution in [0.4, 0.5) is 5.13 Å². The Bertz CT molecular complexity index is 1030. The number of hydrogen-bond donors (Lipinski definition) is 1. The topological polar surface area (TPSA) is 77.5 Å². The van der Waals surface area contributed by atoms with E-state index in [1.54, 1.807) is 0 Å². The molecule has 0 unspecified atom stereocenters. The molecule has 0 saturated carbocycles. The number of ether oxygens (including phenoxy) is 2. The van der Waals surface area contributed by atoms with E-state index in [-0.39, 0.29) is 20.8 Å². The third-order valence-corrected chi connectivity index (χ3v) is 5.28. The molecule has 10 heteroatoms. The minimum absolute atomic E-state index is 0.179. The lowest BCUT2D eigenvalue weighted by atomic mass is 10.2. The predicted octanol–water partition coefficient (Wildman–Crippen LogP) is 5.33. The van der Waals surface area contributed by atoms with Crippen LogP contribution in [0.5, 0.6) is 5.75 Å². The first-order valence-electron chi connectivity index (χ1n) is 8.16. The second kappa shape index (κ2) is 9.93. The third kappa shape index (κ3) is 6.08. The quantitative estimate of drug-likeness (QED) is 0.372. The van der Waals surface area contributed by atoms with Crippen molar-refractivity contribution in [1.82, 2.24) is 4.98 Å². The number of carbonyl (C=O) groups excluding carboxylic acids is 2. The highest BCUT2D eigenvalue weighted by Crippen LogP contribution is 2.33. The Labute approximate surface area is 185 Å². The molecule has 6 nitrogen and oxygen atoms in total. The Kier molecular flexibility index (Phi) is 7.33. The van der Waals surface area contributed by atoms with Crippen molar-refractivity contribution >= 4 is 63.1 Å². The van der Waals surface area contributed by atoms with E-state index < -0.39 is 25.1 Å². The van der Waals surface area contributed by atoms with E-state index in [1.165, 1.54) is 23.5 Å². The summed E-state index contributed by atoms with van der Waals surface area (Å²) in [5.41, 5.74) is 1.68. The largest absolute Gasteiger partial charge is 0.480 e. The second-order valence-corrected chi connectivity index (χ2v) is 7.68. The molecule has 1 N–H and O–H groups in total. The van der Waals surface area contributed by atoms with Gasteiger partial charge in [-0.1, -0.05) is 65.1 Å². The van der Waals surface area contributed by atoms with Gasteiger partial charge in [0.05, 0.1) is 20.8 Å². The average Bonchev–Trinajstić information content (AvgIpc) is 3.17. The lowest BCUT2D eigenvalue weighted by Gasteiger charge is -2.09. The van der Waals surface area contributed by atoms with Crippen LogP contribution in [0.1, 0.15) is 0 Å². The molecule has 0 aliphatic rings. The molecule has 3 aromatic rings. The van der Waals surface area contributed by atoms with Gasteiger partial charge in [-0.2, -0.15) is 0 Å². The Morgan fingerprint density at radius 3 is 2.48 bits per heavy atom.